The van der Waals surface area contributed by atoms with Gasteiger partial charge in [-0.1, -0.05) is 19.9 Å². The highest BCUT2D eigenvalue weighted by Gasteiger charge is 2.15. The molecule has 1 heterocycles. The van der Waals surface area contributed by atoms with Crippen molar-refractivity contribution < 1.29 is 0 Å². The smallest absolute Gasteiger partial charge is 0.0477 e. The number of benzene rings is 1. The lowest BCUT2D eigenvalue weighted by molar-refractivity contribution is 0.479. The van der Waals surface area contributed by atoms with E-state index in [-0.39, 0.29) is 0 Å². The summed E-state index contributed by atoms with van der Waals surface area (Å²) in [7, 11) is 4.12. The van der Waals surface area contributed by atoms with Crippen molar-refractivity contribution in [3.63, 3.8) is 0 Å². The molecule has 1 N–H and O–H groups in total. The lowest BCUT2D eigenvalue weighted by atomic mass is 9.88. The predicted octanol–water partition coefficient (Wildman–Crippen LogP) is 3.14. The van der Waals surface area contributed by atoms with Gasteiger partial charge >= 0.3 is 0 Å². The Morgan fingerprint density at radius 2 is 2.00 bits per heavy atom. The van der Waals surface area contributed by atoms with Crippen LogP contribution in [0.2, 0.25) is 0 Å². The van der Waals surface area contributed by atoms with Gasteiger partial charge in [-0.3, -0.25) is 0 Å². The van der Waals surface area contributed by atoms with Crippen molar-refractivity contribution in [2.45, 2.75) is 19.8 Å². The van der Waals surface area contributed by atoms with E-state index in [9.17, 15) is 0 Å². The van der Waals surface area contributed by atoms with Crippen LogP contribution in [0.3, 0.4) is 0 Å². The first-order valence-electron chi connectivity index (χ1n) is 6.33. The summed E-state index contributed by atoms with van der Waals surface area (Å²) in [5, 5.41) is 4.64. The predicted molar refractivity (Wildman–Crippen MR) is 74.4 cm³/mol. The Labute approximate surface area is 104 Å². The summed E-state index contributed by atoms with van der Waals surface area (Å²) in [6, 6.07) is 9.02. The van der Waals surface area contributed by atoms with E-state index < -0.39 is 0 Å². The molecule has 1 aromatic carbocycles. The molecule has 2 heteroatoms. The number of hydrogen-bond acceptors (Lipinski definition) is 1. The van der Waals surface area contributed by atoms with Crippen molar-refractivity contribution in [1.29, 1.82) is 0 Å². The standard InChI is InChI=1S/C15H22N2/c1-11(2)14(10-16-3)12-5-6-15-13(9-12)7-8-17(15)4/h5-9,11,14,16H,10H2,1-4H3. The summed E-state index contributed by atoms with van der Waals surface area (Å²) in [5.41, 5.74) is 2.74. The summed E-state index contributed by atoms with van der Waals surface area (Å²) in [6.45, 7) is 5.62. The van der Waals surface area contributed by atoms with E-state index in [1.807, 2.05) is 7.05 Å². The fraction of sp³-hybridized carbons (Fsp3) is 0.467. The van der Waals surface area contributed by atoms with E-state index in [0.29, 0.717) is 11.8 Å². The Morgan fingerprint density at radius 3 is 2.65 bits per heavy atom. The van der Waals surface area contributed by atoms with Crippen molar-refractivity contribution in [1.82, 2.24) is 9.88 Å². The summed E-state index contributed by atoms with van der Waals surface area (Å²) >= 11 is 0. The summed E-state index contributed by atoms with van der Waals surface area (Å²) in [5.74, 6) is 1.24. The maximum absolute atomic E-state index is 3.30. The monoisotopic (exact) mass is 230 g/mol. The average Bonchev–Trinajstić information content (AvgIpc) is 2.67. The number of hydrogen-bond donors (Lipinski definition) is 1. The molecule has 2 aromatic rings. The van der Waals surface area contributed by atoms with Gasteiger partial charge < -0.3 is 9.88 Å². The largest absolute Gasteiger partial charge is 0.351 e. The van der Waals surface area contributed by atoms with Crippen LogP contribution in [0.5, 0.6) is 0 Å². The van der Waals surface area contributed by atoms with Crippen LogP contribution in [0.15, 0.2) is 30.5 Å². The quantitative estimate of drug-likeness (QED) is 0.854. The number of rotatable bonds is 4. The number of nitrogens with zero attached hydrogens (tertiary/aromatic N) is 1. The van der Waals surface area contributed by atoms with E-state index in [4.69, 9.17) is 0 Å². The second kappa shape index (κ2) is 4.92. The lowest BCUT2D eigenvalue weighted by Crippen LogP contribution is -2.21. The topological polar surface area (TPSA) is 17.0 Å². The lowest BCUT2D eigenvalue weighted by Gasteiger charge is -2.21. The van der Waals surface area contributed by atoms with Crippen LogP contribution in [0, 0.1) is 5.92 Å². The van der Waals surface area contributed by atoms with Crippen molar-refractivity contribution >= 4 is 10.9 Å². The molecular formula is C15H22N2. The fourth-order valence-corrected chi connectivity index (χ4v) is 2.49. The molecule has 0 bridgehead atoms. The van der Waals surface area contributed by atoms with Crippen LogP contribution in [0.4, 0.5) is 0 Å². The number of aromatic nitrogens is 1. The van der Waals surface area contributed by atoms with E-state index in [2.05, 4.69) is 61.2 Å². The number of aryl methyl sites for hydroxylation is 1. The average molecular weight is 230 g/mol. The SMILES string of the molecule is CNCC(c1ccc2c(ccn2C)c1)C(C)C. The second-order valence-corrected chi connectivity index (χ2v) is 5.15. The third-order valence-electron chi connectivity index (χ3n) is 3.57. The Morgan fingerprint density at radius 1 is 1.24 bits per heavy atom. The maximum Gasteiger partial charge on any atom is 0.0477 e. The minimum atomic E-state index is 0.588. The molecule has 0 fully saturated rings. The molecule has 1 atom stereocenters. The van der Waals surface area contributed by atoms with Gasteiger partial charge in [-0.15, -0.1) is 0 Å². The van der Waals surface area contributed by atoms with Crippen LogP contribution in [0.1, 0.15) is 25.3 Å². The third-order valence-corrected chi connectivity index (χ3v) is 3.57. The highest BCUT2D eigenvalue weighted by Crippen LogP contribution is 2.27. The van der Waals surface area contributed by atoms with Crippen molar-refractivity contribution in [2.24, 2.45) is 13.0 Å². The molecule has 0 spiro atoms. The molecule has 1 unspecified atom stereocenters. The molecular weight excluding hydrogens is 208 g/mol. The minimum Gasteiger partial charge on any atom is -0.351 e. The Balaban J connectivity index is 2.40. The van der Waals surface area contributed by atoms with Gasteiger partial charge in [-0.05, 0) is 48.0 Å². The molecule has 92 valence electrons. The minimum absolute atomic E-state index is 0.588. The van der Waals surface area contributed by atoms with Gasteiger partial charge in [0.2, 0.25) is 0 Å². The molecule has 0 aliphatic carbocycles. The van der Waals surface area contributed by atoms with E-state index >= 15 is 0 Å². The Kier molecular flexibility index (Phi) is 3.53. The highest BCUT2D eigenvalue weighted by atomic mass is 14.9. The molecule has 17 heavy (non-hydrogen) atoms. The molecule has 2 rings (SSSR count). The number of fused-ring (bicyclic) bond motifs is 1. The first-order chi connectivity index (χ1) is 8.13. The molecule has 0 aliphatic heterocycles. The van der Waals surface area contributed by atoms with Gasteiger partial charge in [-0.25, -0.2) is 0 Å². The zero-order valence-electron chi connectivity index (χ0n) is 11.2. The van der Waals surface area contributed by atoms with Crippen molar-refractivity contribution in [3.05, 3.63) is 36.0 Å². The molecule has 2 nitrogen and oxygen atoms in total. The molecule has 0 radical (unpaired) electrons. The van der Waals surface area contributed by atoms with Crippen LogP contribution < -0.4 is 5.32 Å². The van der Waals surface area contributed by atoms with Gasteiger partial charge in [0.05, 0.1) is 0 Å². The number of likely N-dealkylation sites (N-methyl/N-ethyl adjacent to an activating group) is 1. The van der Waals surface area contributed by atoms with Crippen LogP contribution in [-0.2, 0) is 7.05 Å². The maximum atomic E-state index is 3.30. The zero-order valence-corrected chi connectivity index (χ0v) is 11.2. The summed E-state index contributed by atoms with van der Waals surface area (Å²) in [4.78, 5) is 0. The summed E-state index contributed by atoms with van der Waals surface area (Å²) < 4.78 is 2.17. The Bertz CT molecular complexity index is 497. The zero-order chi connectivity index (χ0) is 12.4. The van der Waals surface area contributed by atoms with Gasteiger partial charge in [0, 0.05) is 25.3 Å². The molecule has 0 aliphatic rings. The van der Waals surface area contributed by atoms with Crippen LogP contribution >= 0.6 is 0 Å². The van der Waals surface area contributed by atoms with Crippen LogP contribution in [-0.4, -0.2) is 18.2 Å². The van der Waals surface area contributed by atoms with Crippen LogP contribution in [0.25, 0.3) is 10.9 Å². The van der Waals surface area contributed by atoms with Gasteiger partial charge in [0.1, 0.15) is 0 Å². The normalized spacial score (nSPS) is 13.5. The van der Waals surface area contributed by atoms with E-state index in [1.54, 1.807) is 0 Å². The first-order valence-corrected chi connectivity index (χ1v) is 6.33. The summed E-state index contributed by atoms with van der Waals surface area (Å²) in [6.07, 6.45) is 2.12. The van der Waals surface area contributed by atoms with Gasteiger partial charge in [0.25, 0.3) is 0 Å². The molecule has 0 saturated carbocycles. The molecule has 1 aromatic heterocycles. The van der Waals surface area contributed by atoms with E-state index in [1.165, 1.54) is 16.5 Å². The van der Waals surface area contributed by atoms with Crippen molar-refractivity contribution in [2.75, 3.05) is 13.6 Å². The first kappa shape index (κ1) is 12.2. The second-order valence-electron chi connectivity index (χ2n) is 5.15. The highest BCUT2D eigenvalue weighted by molar-refractivity contribution is 5.80. The third kappa shape index (κ3) is 2.37. The van der Waals surface area contributed by atoms with Crippen molar-refractivity contribution in [3.8, 4) is 0 Å². The molecule has 0 amide bonds. The number of nitrogens with one attached hydrogen (secondary N) is 1. The molecule has 0 saturated heterocycles. The van der Waals surface area contributed by atoms with Gasteiger partial charge in [0.15, 0.2) is 0 Å². The van der Waals surface area contributed by atoms with E-state index in [0.717, 1.165) is 6.54 Å². The Hall–Kier alpha value is -1.28. The fourth-order valence-electron chi connectivity index (χ4n) is 2.49. The van der Waals surface area contributed by atoms with Gasteiger partial charge in [-0.2, -0.15) is 0 Å².